The Kier molecular flexibility index (Phi) is 6.41. The van der Waals surface area contributed by atoms with Gasteiger partial charge < -0.3 is 10.2 Å². The van der Waals surface area contributed by atoms with Crippen molar-refractivity contribution in [1.29, 1.82) is 0 Å². The van der Waals surface area contributed by atoms with Crippen LogP contribution >= 0.6 is 11.8 Å². The van der Waals surface area contributed by atoms with Crippen LogP contribution in [0.1, 0.15) is 32.9 Å². The van der Waals surface area contributed by atoms with E-state index in [4.69, 9.17) is 0 Å². The number of aryl methyl sites for hydroxylation is 2. The van der Waals surface area contributed by atoms with Crippen molar-refractivity contribution < 1.29 is 4.79 Å². The van der Waals surface area contributed by atoms with Gasteiger partial charge in [-0.05, 0) is 49.2 Å². The molecule has 7 nitrogen and oxygen atoms in total. The van der Waals surface area contributed by atoms with Crippen molar-refractivity contribution in [3.63, 3.8) is 0 Å². The van der Waals surface area contributed by atoms with Crippen LogP contribution in [0.4, 0.5) is 5.69 Å². The highest BCUT2D eigenvalue weighted by Gasteiger charge is 2.13. The lowest BCUT2D eigenvalue weighted by Gasteiger charge is -2.13. The minimum Gasteiger partial charge on any atom is -0.378 e. The van der Waals surface area contributed by atoms with Gasteiger partial charge in [-0.15, -0.1) is 5.10 Å². The first-order valence-corrected chi connectivity index (χ1v) is 11.4. The molecule has 4 rings (SSSR count). The summed E-state index contributed by atoms with van der Waals surface area (Å²) in [5.41, 5.74) is 5.70. The predicted molar refractivity (Wildman–Crippen MR) is 128 cm³/mol. The molecule has 8 heteroatoms. The van der Waals surface area contributed by atoms with E-state index in [0.717, 1.165) is 28.2 Å². The van der Waals surface area contributed by atoms with Crippen molar-refractivity contribution in [1.82, 2.24) is 24.9 Å². The Morgan fingerprint density at radius 3 is 2.56 bits per heavy atom. The average Bonchev–Trinajstić information content (AvgIpc) is 3.20. The number of anilines is 1. The molecule has 32 heavy (non-hydrogen) atoms. The number of hydrogen-bond acceptors (Lipinski definition) is 6. The molecule has 0 saturated carbocycles. The quantitative estimate of drug-likeness (QED) is 0.432. The summed E-state index contributed by atoms with van der Waals surface area (Å²) in [6.45, 7) is 4.41. The van der Waals surface area contributed by atoms with Gasteiger partial charge in [-0.25, -0.2) is 9.50 Å². The van der Waals surface area contributed by atoms with Crippen molar-refractivity contribution in [2.45, 2.75) is 31.3 Å². The lowest BCUT2D eigenvalue weighted by atomic mass is 10.1. The molecule has 0 aliphatic rings. The van der Waals surface area contributed by atoms with Crippen LogP contribution in [0.2, 0.25) is 0 Å². The zero-order chi connectivity index (χ0) is 22.7. The molecule has 1 amide bonds. The molecule has 0 spiro atoms. The summed E-state index contributed by atoms with van der Waals surface area (Å²) >= 11 is 1.50. The summed E-state index contributed by atoms with van der Waals surface area (Å²) in [7, 11) is 4.01. The van der Waals surface area contributed by atoms with Crippen molar-refractivity contribution >= 4 is 29.1 Å². The van der Waals surface area contributed by atoms with E-state index < -0.39 is 0 Å². The number of nitrogens with one attached hydrogen (secondary N) is 1. The van der Waals surface area contributed by atoms with Crippen LogP contribution in [0, 0.1) is 13.8 Å². The third-order valence-corrected chi connectivity index (χ3v) is 6.01. The number of amides is 1. The SMILES string of the molecule is Cc1cc(C)n2nc(SCc3ccccc3C(=O)NCc3ccc(N(C)C)cc3)nc2n1. The molecule has 0 aliphatic carbocycles. The van der Waals surface area contributed by atoms with Crippen molar-refractivity contribution in [3.8, 4) is 0 Å². The number of benzene rings is 2. The Morgan fingerprint density at radius 1 is 1.06 bits per heavy atom. The van der Waals surface area contributed by atoms with E-state index in [-0.39, 0.29) is 5.91 Å². The highest BCUT2D eigenvalue weighted by molar-refractivity contribution is 7.98. The van der Waals surface area contributed by atoms with Crippen molar-refractivity contribution in [2.75, 3.05) is 19.0 Å². The highest BCUT2D eigenvalue weighted by Crippen LogP contribution is 2.23. The van der Waals surface area contributed by atoms with Crippen LogP contribution in [0.15, 0.2) is 59.8 Å². The maximum Gasteiger partial charge on any atom is 0.253 e. The minimum absolute atomic E-state index is 0.0889. The summed E-state index contributed by atoms with van der Waals surface area (Å²) in [6.07, 6.45) is 0. The molecule has 1 N–H and O–H groups in total. The van der Waals surface area contributed by atoms with Gasteiger partial charge in [0.15, 0.2) is 0 Å². The van der Waals surface area contributed by atoms with Crippen LogP contribution in [-0.2, 0) is 12.3 Å². The molecule has 2 aromatic heterocycles. The van der Waals surface area contributed by atoms with Crippen LogP contribution in [0.5, 0.6) is 0 Å². The predicted octanol–water partition coefficient (Wildman–Crippen LogP) is 4.03. The molecule has 0 unspecified atom stereocenters. The first-order valence-electron chi connectivity index (χ1n) is 10.4. The average molecular weight is 447 g/mol. The van der Waals surface area contributed by atoms with E-state index in [2.05, 4.69) is 20.4 Å². The van der Waals surface area contributed by atoms with Crippen LogP contribution in [0.25, 0.3) is 5.78 Å². The van der Waals surface area contributed by atoms with Crippen molar-refractivity contribution in [3.05, 3.63) is 82.7 Å². The standard InChI is InChI=1S/C24H26N6OS/c1-16-13-17(2)30-23(26-16)27-24(28-30)32-15-19-7-5-6-8-21(19)22(31)25-14-18-9-11-20(12-10-18)29(3)4/h5-13H,14-15H2,1-4H3,(H,25,31). The molecule has 0 aliphatic heterocycles. The van der Waals surface area contributed by atoms with E-state index in [1.807, 2.05) is 87.4 Å². The van der Waals surface area contributed by atoms with E-state index >= 15 is 0 Å². The first kappa shape index (κ1) is 21.8. The van der Waals surface area contributed by atoms with Gasteiger partial charge in [-0.2, -0.15) is 4.98 Å². The Bertz CT molecular complexity index is 1250. The number of thioether (sulfide) groups is 1. The van der Waals surface area contributed by atoms with Gasteiger partial charge in [0.05, 0.1) is 0 Å². The second-order valence-electron chi connectivity index (χ2n) is 7.83. The number of aromatic nitrogens is 4. The molecule has 2 aromatic carbocycles. The zero-order valence-electron chi connectivity index (χ0n) is 18.7. The lowest BCUT2D eigenvalue weighted by Crippen LogP contribution is -2.24. The largest absolute Gasteiger partial charge is 0.378 e. The molecule has 4 aromatic rings. The maximum atomic E-state index is 12.9. The van der Waals surface area contributed by atoms with Gasteiger partial charge in [-0.1, -0.05) is 42.1 Å². The summed E-state index contributed by atoms with van der Waals surface area (Å²) in [5.74, 6) is 1.10. The van der Waals surface area contributed by atoms with Gasteiger partial charge in [0.2, 0.25) is 5.16 Å². The van der Waals surface area contributed by atoms with Crippen LogP contribution in [0.3, 0.4) is 0 Å². The Balaban J connectivity index is 1.43. The third-order valence-electron chi connectivity index (χ3n) is 5.12. The monoisotopic (exact) mass is 446 g/mol. The number of carbonyl (C=O) groups is 1. The van der Waals surface area contributed by atoms with E-state index in [1.165, 1.54) is 11.8 Å². The fourth-order valence-corrected chi connectivity index (χ4v) is 4.23. The maximum absolute atomic E-state index is 12.9. The Morgan fingerprint density at radius 2 is 1.81 bits per heavy atom. The summed E-state index contributed by atoms with van der Waals surface area (Å²) < 4.78 is 1.75. The molecule has 2 heterocycles. The summed E-state index contributed by atoms with van der Waals surface area (Å²) in [5, 5.41) is 8.21. The van der Waals surface area contributed by atoms with Crippen molar-refractivity contribution in [2.24, 2.45) is 0 Å². The molecule has 0 saturated heterocycles. The van der Waals surface area contributed by atoms with E-state index in [0.29, 0.717) is 28.8 Å². The Labute approximate surface area is 191 Å². The second-order valence-corrected chi connectivity index (χ2v) is 8.78. The van der Waals surface area contributed by atoms with Crippen LogP contribution in [-0.4, -0.2) is 39.6 Å². The van der Waals surface area contributed by atoms with Gasteiger partial charge in [0, 0.05) is 49.0 Å². The number of fused-ring (bicyclic) bond motifs is 1. The minimum atomic E-state index is -0.0889. The topological polar surface area (TPSA) is 75.4 Å². The Hall–Kier alpha value is -3.39. The fourth-order valence-electron chi connectivity index (χ4n) is 3.41. The zero-order valence-corrected chi connectivity index (χ0v) is 19.5. The summed E-state index contributed by atoms with van der Waals surface area (Å²) in [4.78, 5) is 23.9. The number of hydrogen-bond donors (Lipinski definition) is 1. The first-order chi connectivity index (χ1) is 15.4. The smallest absolute Gasteiger partial charge is 0.253 e. The molecule has 0 fully saturated rings. The van der Waals surface area contributed by atoms with Gasteiger partial charge in [0.25, 0.3) is 11.7 Å². The van der Waals surface area contributed by atoms with E-state index in [1.54, 1.807) is 4.52 Å². The number of carbonyl (C=O) groups excluding carboxylic acids is 1. The molecular weight excluding hydrogens is 420 g/mol. The molecule has 0 atom stereocenters. The molecule has 164 valence electrons. The second kappa shape index (κ2) is 9.40. The molecule has 0 bridgehead atoms. The van der Waals surface area contributed by atoms with E-state index in [9.17, 15) is 4.79 Å². The van der Waals surface area contributed by atoms with Gasteiger partial charge in [-0.3, -0.25) is 4.79 Å². The highest BCUT2D eigenvalue weighted by atomic mass is 32.2. The fraction of sp³-hybridized carbons (Fsp3) is 0.250. The summed E-state index contributed by atoms with van der Waals surface area (Å²) in [6, 6.07) is 17.8. The lowest BCUT2D eigenvalue weighted by molar-refractivity contribution is 0.0950. The number of nitrogens with zero attached hydrogens (tertiary/aromatic N) is 5. The van der Waals surface area contributed by atoms with Crippen LogP contribution < -0.4 is 10.2 Å². The number of rotatable bonds is 7. The third kappa shape index (κ3) is 4.91. The van der Waals surface area contributed by atoms with Gasteiger partial charge in [0.1, 0.15) is 0 Å². The normalized spacial score (nSPS) is 11.0. The molecule has 0 radical (unpaired) electrons. The molecular formula is C24H26N6OS. The van der Waals surface area contributed by atoms with Gasteiger partial charge >= 0.3 is 0 Å².